The number of benzene rings is 1. The van der Waals surface area contributed by atoms with Crippen molar-refractivity contribution >= 4 is 35.0 Å². The molecule has 1 rings (SSSR count). The monoisotopic (exact) mass is 287 g/mol. The lowest BCUT2D eigenvalue weighted by atomic mass is 10.0. The minimum atomic E-state index is -1.09. The number of halogens is 1. The van der Waals surface area contributed by atoms with Crippen LogP contribution < -0.4 is 5.32 Å². The number of amides is 1. The Morgan fingerprint density at radius 1 is 1.44 bits per heavy atom. The van der Waals surface area contributed by atoms with Crippen molar-refractivity contribution in [3.8, 4) is 0 Å². The molecule has 0 saturated carbocycles. The lowest BCUT2D eigenvalue weighted by Crippen LogP contribution is -2.43. The first kappa shape index (κ1) is 15.3. The van der Waals surface area contributed by atoms with Crippen molar-refractivity contribution in [3.63, 3.8) is 0 Å². The molecule has 0 aliphatic rings. The maximum Gasteiger partial charge on any atom is 0.240 e. The fraction of sp³-hybridized carbons (Fsp3) is 0.462. The van der Waals surface area contributed by atoms with Gasteiger partial charge in [0.25, 0.3) is 0 Å². The predicted molar refractivity (Wildman–Crippen MR) is 78.3 cm³/mol. The molecule has 1 amide bonds. The van der Waals surface area contributed by atoms with Crippen LogP contribution in [0.15, 0.2) is 30.3 Å². The minimum Gasteiger partial charge on any atom is -0.389 e. The van der Waals surface area contributed by atoms with E-state index in [9.17, 15) is 9.90 Å². The first-order valence-corrected chi connectivity index (χ1v) is 7.29. The van der Waals surface area contributed by atoms with Gasteiger partial charge in [-0.15, -0.1) is 23.4 Å². The number of carbonyl (C=O) groups is 1. The second kappa shape index (κ2) is 7.02. The van der Waals surface area contributed by atoms with E-state index in [0.29, 0.717) is 11.6 Å². The molecule has 0 spiro atoms. The van der Waals surface area contributed by atoms with E-state index in [1.54, 1.807) is 13.8 Å². The van der Waals surface area contributed by atoms with Gasteiger partial charge < -0.3 is 10.4 Å². The zero-order valence-electron chi connectivity index (χ0n) is 10.5. The second-order valence-electron chi connectivity index (χ2n) is 4.45. The lowest BCUT2D eigenvalue weighted by molar-refractivity contribution is -0.119. The van der Waals surface area contributed by atoms with Gasteiger partial charge in [-0.05, 0) is 26.0 Å². The zero-order chi connectivity index (χ0) is 13.6. The molecule has 100 valence electrons. The summed E-state index contributed by atoms with van der Waals surface area (Å²) in [6, 6.07) is 9.20. The summed E-state index contributed by atoms with van der Waals surface area (Å²) in [6.45, 7) is 3.26. The van der Waals surface area contributed by atoms with E-state index in [1.165, 1.54) is 11.8 Å². The van der Waals surface area contributed by atoms with Crippen LogP contribution in [-0.2, 0) is 4.79 Å². The average molecular weight is 288 g/mol. The van der Waals surface area contributed by atoms with Crippen LogP contribution in [0, 0.1) is 0 Å². The van der Waals surface area contributed by atoms with E-state index >= 15 is 0 Å². The van der Waals surface area contributed by atoms with Crippen LogP contribution >= 0.6 is 23.4 Å². The van der Waals surface area contributed by atoms with Crippen molar-refractivity contribution < 1.29 is 9.90 Å². The molecule has 1 aromatic carbocycles. The van der Waals surface area contributed by atoms with Crippen LogP contribution in [0.25, 0.3) is 0 Å². The van der Waals surface area contributed by atoms with Crippen LogP contribution in [0.1, 0.15) is 13.8 Å². The minimum absolute atomic E-state index is 0.205. The summed E-state index contributed by atoms with van der Waals surface area (Å²) in [4.78, 5) is 12.1. The summed E-state index contributed by atoms with van der Waals surface area (Å²) in [7, 11) is 0. The number of thioether (sulfide) groups is 1. The molecule has 18 heavy (non-hydrogen) atoms. The first-order chi connectivity index (χ1) is 8.45. The van der Waals surface area contributed by atoms with Crippen molar-refractivity contribution in [1.29, 1.82) is 0 Å². The predicted octanol–water partition coefficient (Wildman–Crippen LogP) is 2.74. The number of alkyl halides is 1. The average Bonchev–Trinajstić information content (AvgIpc) is 2.29. The summed E-state index contributed by atoms with van der Waals surface area (Å²) in [5.74, 6) is 0.873. The molecule has 2 N–H and O–H groups in total. The van der Waals surface area contributed by atoms with Gasteiger partial charge in [0, 0.05) is 17.3 Å². The maximum atomic E-state index is 12.1. The largest absolute Gasteiger partial charge is 0.389 e. The van der Waals surface area contributed by atoms with Crippen LogP contribution in [0.2, 0.25) is 0 Å². The highest BCUT2D eigenvalue weighted by Crippen LogP contribution is 2.25. The molecule has 1 atom stereocenters. The van der Waals surface area contributed by atoms with Crippen molar-refractivity contribution in [3.05, 3.63) is 30.3 Å². The van der Waals surface area contributed by atoms with Crippen molar-refractivity contribution in [2.75, 3.05) is 16.9 Å². The molecule has 0 heterocycles. The Balaban J connectivity index is 2.71. The van der Waals surface area contributed by atoms with Crippen LogP contribution in [0.4, 0.5) is 5.69 Å². The van der Waals surface area contributed by atoms with E-state index in [-0.39, 0.29) is 5.91 Å². The Kier molecular flexibility index (Phi) is 5.99. The standard InChI is InChI=1S/C13H18ClNO2S/c1-13(2,17)11(18-9-8-14)12(16)15-10-6-4-3-5-7-10/h3-7,11,17H,8-9H2,1-2H3,(H,15,16). The summed E-state index contributed by atoms with van der Waals surface area (Å²) < 4.78 is 0. The van der Waals surface area contributed by atoms with Gasteiger partial charge in [-0.1, -0.05) is 18.2 Å². The summed E-state index contributed by atoms with van der Waals surface area (Å²) in [5, 5.41) is 12.3. The lowest BCUT2D eigenvalue weighted by Gasteiger charge is -2.27. The molecule has 3 nitrogen and oxygen atoms in total. The Hall–Kier alpha value is -0.710. The molecular formula is C13H18ClNO2S. The van der Waals surface area contributed by atoms with Gasteiger partial charge in [0.15, 0.2) is 0 Å². The second-order valence-corrected chi connectivity index (χ2v) is 6.04. The van der Waals surface area contributed by atoms with Gasteiger partial charge >= 0.3 is 0 Å². The topological polar surface area (TPSA) is 49.3 Å². The van der Waals surface area contributed by atoms with Gasteiger partial charge in [-0.25, -0.2) is 0 Å². The first-order valence-electron chi connectivity index (χ1n) is 5.71. The van der Waals surface area contributed by atoms with Crippen LogP contribution in [-0.4, -0.2) is 33.5 Å². The maximum absolute atomic E-state index is 12.1. The van der Waals surface area contributed by atoms with E-state index in [0.717, 1.165) is 5.69 Å². The number of hydrogen-bond donors (Lipinski definition) is 2. The number of rotatable bonds is 6. The Morgan fingerprint density at radius 3 is 2.56 bits per heavy atom. The van der Waals surface area contributed by atoms with Gasteiger partial charge in [0.1, 0.15) is 5.25 Å². The molecule has 1 unspecified atom stereocenters. The molecule has 0 radical (unpaired) electrons. The number of nitrogens with one attached hydrogen (secondary N) is 1. The normalized spacial score (nSPS) is 13.1. The van der Waals surface area contributed by atoms with Crippen molar-refractivity contribution in [1.82, 2.24) is 0 Å². The smallest absolute Gasteiger partial charge is 0.240 e. The Bertz CT molecular complexity index is 378. The van der Waals surface area contributed by atoms with Gasteiger partial charge in [-0.2, -0.15) is 0 Å². The summed E-state index contributed by atoms with van der Waals surface area (Å²) in [6.07, 6.45) is 0. The molecular weight excluding hydrogens is 270 g/mol. The SMILES string of the molecule is CC(C)(O)C(SCCCl)C(=O)Nc1ccccc1. The number of para-hydroxylation sites is 1. The quantitative estimate of drug-likeness (QED) is 0.791. The van der Waals surface area contributed by atoms with Gasteiger partial charge in [-0.3, -0.25) is 4.79 Å². The van der Waals surface area contributed by atoms with Crippen LogP contribution in [0.5, 0.6) is 0 Å². The highest BCUT2D eigenvalue weighted by atomic mass is 35.5. The molecule has 5 heteroatoms. The Labute approximate surface area is 117 Å². The number of carbonyl (C=O) groups excluding carboxylic acids is 1. The number of hydrogen-bond acceptors (Lipinski definition) is 3. The Morgan fingerprint density at radius 2 is 2.06 bits per heavy atom. The highest BCUT2D eigenvalue weighted by molar-refractivity contribution is 8.00. The zero-order valence-corrected chi connectivity index (χ0v) is 12.1. The summed E-state index contributed by atoms with van der Waals surface area (Å²) in [5.41, 5.74) is -0.363. The van der Waals surface area contributed by atoms with Crippen molar-refractivity contribution in [2.24, 2.45) is 0 Å². The third-order valence-corrected chi connectivity index (χ3v) is 4.26. The van der Waals surface area contributed by atoms with E-state index in [2.05, 4.69) is 5.32 Å². The molecule has 0 fully saturated rings. The molecule has 0 aliphatic carbocycles. The molecule has 0 aromatic heterocycles. The van der Waals surface area contributed by atoms with E-state index in [4.69, 9.17) is 11.6 Å². The van der Waals surface area contributed by atoms with E-state index < -0.39 is 10.9 Å². The van der Waals surface area contributed by atoms with Gasteiger partial charge in [0.2, 0.25) is 5.91 Å². The van der Waals surface area contributed by atoms with E-state index in [1.807, 2.05) is 30.3 Å². The molecule has 0 aliphatic heterocycles. The highest BCUT2D eigenvalue weighted by Gasteiger charge is 2.33. The fourth-order valence-electron chi connectivity index (χ4n) is 1.49. The third-order valence-electron chi connectivity index (χ3n) is 2.28. The fourth-order valence-corrected chi connectivity index (χ4v) is 2.70. The summed E-state index contributed by atoms with van der Waals surface area (Å²) >= 11 is 6.99. The van der Waals surface area contributed by atoms with Crippen LogP contribution in [0.3, 0.4) is 0 Å². The third kappa shape index (κ3) is 4.88. The molecule has 0 bridgehead atoms. The van der Waals surface area contributed by atoms with Crippen molar-refractivity contribution in [2.45, 2.75) is 24.7 Å². The number of aliphatic hydroxyl groups is 1. The molecule has 1 aromatic rings. The van der Waals surface area contributed by atoms with Gasteiger partial charge in [0.05, 0.1) is 5.60 Å². The molecule has 0 saturated heterocycles. The number of anilines is 1.